The van der Waals surface area contributed by atoms with Gasteiger partial charge in [0, 0.05) is 18.0 Å². The molecule has 0 fully saturated rings. The lowest BCUT2D eigenvalue weighted by Gasteiger charge is -1.95. The van der Waals surface area contributed by atoms with Crippen LogP contribution in [0.15, 0.2) is 21.6 Å². The SMILES string of the molecule is CCNCc1noc(-c2c[nH]c(C)cc2=O)n1. The van der Waals surface area contributed by atoms with Gasteiger partial charge in [-0.1, -0.05) is 12.1 Å². The van der Waals surface area contributed by atoms with Crippen molar-refractivity contribution in [3.8, 4) is 11.5 Å². The van der Waals surface area contributed by atoms with Crippen LogP contribution in [0.1, 0.15) is 18.4 Å². The van der Waals surface area contributed by atoms with Gasteiger partial charge in [-0.25, -0.2) is 0 Å². The molecular formula is C11H14N4O2. The fourth-order valence-corrected chi connectivity index (χ4v) is 1.41. The van der Waals surface area contributed by atoms with Crippen LogP contribution in [0.4, 0.5) is 0 Å². The highest BCUT2D eigenvalue weighted by Crippen LogP contribution is 2.11. The largest absolute Gasteiger partial charge is 0.364 e. The third kappa shape index (κ3) is 2.59. The number of aromatic amines is 1. The molecule has 6 nitrogen and oxygen atoms in total. The van der Waals surface area contributed by atoms with E-state index in [2.05, 4.69) is 20.4 Å². The van der Waals surface area contributed by atoms with Gasteiger partial charge in [-0.3, -0.25) is 4.79 Å². The van der Waals surface area contributed by atoms with Crippen LogP contribution in [-0.2, 0) is 6.54 Å². The maximum absolute atomic E-state index is 11.7. The molecule has 2 rings (SSSR count). The molecule has 0 saturated carbocycles. The third-order valence-electron chi connectivity index (χ3n) is 2.29. The number of nitrogens with zero attached hydrogens (tertiary/aromatic N) is 2. The van der Waals surface area contributed by atoms with Crippen LogP contribution in [0.2, 0.25) is 0 Å². The Morgan fingerprint density at radius 3 is 3.06 bits per heavy atom. The number of rotatable bonds is 4. The van der Waals surface area contributed by atoms with E-state index in [9.17, 15) is 4.79 Å². The lowest BCUT2D eigenvalue weighted by Crippen LogP contribution is -2.12. The van der Waals surface area contributed by atoms with Crippen molar-refractivity contribution < 1.29 is 4.52 Å². The average Bonchev–Trinajstić information content (AvgIpc) is 2.75. The molecule has 2 aromatic heterocycles. The van der Waals surface area contributed by atoms with Crippen molar-refractivity contribution >= 4 is 0 Å². The topological polar surface area (TPSA) is 83.8 Å². The standard InChI is InChI=1S/C11H14N4O2/c1-3-12-6-10-14-11(17-15-10)8-5-13-7(2)4-9(8)16/h4-5,12H,3,6H2,1-2H3,(H,13,16). The molecule has 0 aliphatic rings. The first-order chi connectivity index (χ1) is 8.20. The highest BCUT2D eigenvalue weighted by Gasteiger charge is 2.11. The van der Waals surface area contributed by atoms with Gasteiger partial charge in [0.15, 0.2) is 11.3 Å². The summed E-state index contributed by atoms with van der Waals surface area (Å²) in [6.07, 6.45) is 1.59. The third-order valence-corrected chi connectivity index (χ3v) is 2.29. The highest BCUT2D eigenvalue weighted by molar-refractivity contribution is 5.50. The molecule has 0 radical (unpaired) electrons. The molecule has 0 bridgehead atoms. The van der Waals surface area contributed by atoms with Gasteiger partial charge in [0.1, 0.15) is 5.56 Å². The molecule has 2 heterocycles. The van der Waals surface area contributed by atoms with Gasteiger partial charge in [-0.15, -0.1) is 0 Å². The Hall–Kier alpha value is -1.95. The van der Waals surface area contributed by atoms with E-state index in [0.717, 1.165) is 12.2 Å². The molecule has 2 aromatic rings. The zero-order valence-electron chi connectivity index (χ0n) is 9.78. The monoisotopic (exact) mass is 234 g/mol. The number of hydrogen-bond donors (Lipinski definition) is 2. The minimum atomic E-state index is -0.125. The van der Waals surface area contributed by atoms with Gasteiger partial charge in [0.05, 0.1) is 6.54 Å². The summed E-state index contributed by atoms with van der Waals surface area (Å²) in [6.45, 7) is 5.17. The average molecular weight is 234 g/mol. The minimum Gasteiger partial charge on any atom is -0.364 e. The number of aryl methyl sites for hydroxylation is 1. The van der Waals surface area contributed by atoms with Crippen molar-refractivity contribution in [1.82, 2.24) is 20.4 Å². The maximum atomic E-state index is 11.7. The van der Waals surface area contributed by atoms with E-state index >= 15 is 0 Å². The van der Waals surface area contributed by atoms with Gasteiger partial charge in [0.25, 0.3) is 5.89 Å². The number of H-pyrrole nitrogens is 1. The Morgan fingerprint density at radius 2 is 2.35 bits per heavy atom. The second-order valence-corrected chi connectivity index (χ2v) is 3.69. The number of pyridine rings is 1. The normalized spacial score (nSPS) is 10.7. The summed E-state index contributed by atoms with van der Waals surface area (Å²) in [5, 5.41) is 6.87. The molecule has 0 aliphatic carbocycles. The van der Waals surface area contributed by atoms with Crippen molar-refractivity contribution in [2.24, 2.45) is 0 Å². The summed E-state index contributed by atoms with van der Waals surface area (Å²) < 4.78 is 5.05. The second kappa shape index (κ2) is 4.92. The fraction of sp³-hybridized carbons (Fsp3) is 0.364. The first kappa shape index (κ1) is 11.5. The zero-order chi connectivity index (χ0) is 12.3. The Balaban J connectivity index is 2.27. The highest BCUT2D eigenvalue weighted by atomic mass is 16.5. The fourth-order valence-electron chi connectivity index (χ4n) is 1.41. The lowest BCUT2D eigenvalue weighted by atomic mass is 10.2. The first-order valence-corrected chi connectivity index (χ1v) is 5.43. The van der Waals surface area contributed by atoms with Crippen LogP contribution >= 0.6 is 0 Å². The van der Waals surface area contributed by atoms with Gasteiger partial charge < -0.3 is 14.8 Å². The van der Waals surface area contributed by atoms with Crippen LogP contribution in [0.25, 0.3) is 11.5 Å². The van der Waals surface area contributed by atoms with Gasteiger partial charge in [0.2, 0.25) is 0 Å². The molecular weight excluding hydrogens is 220 g/mol. The second-order valence-electron chi connectivity index (χ2n) is 3.69. The molecule has 0 unspecified atom stereocenters. The van der Waals surface area contributed by atoms with Crippen molar-refractivity contribution in [3.63, 3.8) is 0 Å². The Labute approximate surface area is 98.1 Å². The lowest BCUT2D eigenvalue weighted by molar-refractivity contribution is 0.419. The summed E-state index contributed by atoms with van der Waals surface area (Å²) >= 11 is 0. The first-order valence-electron chi connectivity index (χ1n) is 5.43. The van der Waals surface area contributed by atoms with E-state index in [1.54, 1.807) is 6.20 Å². The van der Waals surface area contributed by atoms with Crippen LogP contribution in [0.5, 0.6) is 0 Å². The van der Waals surface area contributed by atoms with E-state index in [1.807, 2.05) is 13.8 Å². The Morgan fingerprint density at radius 1 is 1.53 bits per heavy atom. The van der Waals surface area contributed by atoms with Crippen LogP contribution in [0.3, 0.4) is 0 Å². The zero-order valence-corrected chi connectivity index (χ0v) is 9.78. The maximum Gasteiger partial charge on any atom is 0.263 e. The van der Waals surface area contributed by atoms with E-state index in [1.165, 1.54) is 6.07 Å². The summed E-state index contributed by atoms with van der Waals surface area (Å²) in [6, 6.07) is 1.50. The number of hydrogen-bond acceptors (Lipinski definition) is 5. The molecule has 0 aromatic carbocycles. The van der Waals surface area contributed by atoms with Gasteiger partial charge in [-0.05, 0) is 13.5 Å². The van der Waals surface area contributed by atoms with Crippen LogP contribution in [-0.4, -0.2) is 21.7 Å². The molecule has 2 N–H and O–H groups in total. The Bertz CT molecular complexity index is 559. The van der Waals surface area contributed by atoms with Crippen LogP contribution in [0, 0.1) is 6.92 Å². The van der Waals surface area contributed by atoms with Crippen molar-refractivity contribution in [2.75, 3.05) is 6.54 Å². The van der Waals surface area contributed by atoms with E-state index in [4.69, 9.17) is 4.52 Å². The number of aromatic nitrogens is 3. The Kier molecular flexibility index (Phi) is 3.34. The number of nitrogens with one attached hydrogen (secondary N) is 2. The van der Waals surface area contributed by atoms with E-state index < -0.39 is 0 Å². The van der Waals surface area contributed by atoms with Gasteiger partial charge in [-0.2, -0.15) is 4.98 Å². The predicted octanol–water partition coefficient (Wildman–Crippen LogP) is 0.843. The summed E-state index contributed by atoms with van der Waals surface area (Å²) in [5.74, 6) is 0.793. The van der Waals surface area contributed by atoms with Crippen molar-refractivity contribution in [1.29, 1.82) is 0 Å². The van der Waals surface area contributed by atoms with Crippen LogP contribution < -0.4 is 10.7 Å². The molecule has 0 atom stereocenters. The predicted molar refractivity (Wildman–Crippen MR) is 62.5 cm³/mol. The van der Waals surface area contributed by atoms with Crippen molar-refractivity contribution in [2.45, 2.75) is 20.4 Å². The smallest absolute Gasteiger partial charge is 0.263 e. The molecule has 0 amide bonds. The minimum absolute atomic E-state index is 0.125. The summed E-state index contributed by atoms with van der Waals surface area (Å²) in [7, 11) is 0. The quantitative estimate of drug-likeness (QED) is 0.819. The van der Waals surface area contributed by atoms with Crippen molar-refractivity contribution in [3.05, 3.63) is 34.0 Å². The molecule has 0 saturated heterocycles. The van der Waals surface area contributed by atoms with Gasteiger partial charge >= 0.3 is 0 Å². The molecule has 6 heteroatoms. The summed E-state index contributed by atoms with van der Waals surface area (Å²) in [5.41, 5.74) is 1.07. The molecule has 17 heavy (non-hydrogen) atoms. The molecule has 0 aliphatic heterocycles. The summed E-state index contributed by atoms with van der Waals surface area (Å²) in [4.78, 5) is 18.8. The molecule has 0 spiro atoms. The molecule has 90 valence electrons. The van der Waals surface area contributed by atoms with E-state index in [-0.39, 0.29) is 11.3 Å². The van der Waals surface area contributed by atoms with E-state index in [0.29, 0.717) is 17.9 Å².